The number of allylic oxidation sites excluding steroid dienone is 2. The molecule has 5 fully saturated rings. The van der Waals surface area contributed by atoms with Crippen LogP contribution in [0.25, 0.3) is 6.08 Å². The van der Waals surface area contributed by atoms with Gasteiger partial charge in [-0.05, 0) is 128 Å². The first-order valence-corrected chi connectivity index (χ1v) is 16.4. The Bertz CT molecular complexity index is 1440. The van der Waals surface area contributed by atoms with Crippen molar-refractivity contribution in [3.63, 3.8) is 0 Å². The van der Waals surface area contributed by atoms with Gasteiger partial charge < -0.3 is 5.11 Å². The lowest BCUT2D eigenvalue weighted by Gasteiger charge is -2.72. The van der Waals surface area contributed by atoms with Gasteiger partial charge in [-0.25, -0.2) is 0 Å². The summed E-state index contributed by atoms with van der Waals surface area (Å²) >= 11 is 0. The summed E-state index contributed by atoms with van der Waals surface area (Å²) in [5.41, 5.74) is 1.45. The molecule has 0 amide bonds. The summed E-state index contributed by atoms with van der Waals surface area (Å²) in [5, 5.41) is 22.1. The van der Waals surface area contributed by atoms with Crippen molar-refractivity contribution in [3.05, 3.63) is 57.7 Å². The summed E-state index contributed by atoms with van der Waals surface area (Å²) in [6, 6.07) is 6.59. The second-order valence-electron chi connectivity index (χ2n) is 16.4. The fraction of sp³-hybridized carbons (Fsp3) is 0.676. The van der Waals surface area contributed by atoms with Crippen LogP contribution in [0, 0.1) is 66.8 Å². The number of ketones is 1. The minimum absolute atomic E-state index is 0.0150. The smallest absolute Gasteiger partial charge is 0.309 e. The molecular weight excluding hydrogens is 538 g/mol. The van der Waals surface area contributed by atoms with Crippen molar-refractivity contribution in [1.29, 1.82) is 0 Å². The molecule has 0 radical (unpaired) electrons. The number of Topliss-reactive ketones (excluding diaryl/α,β-unsaturated/α-hetero) is 1. The van der Waals surface area contributed by atoms with Gasteiger partial charge in [-0.1, -0.05) is 58.9 Å². The zero-order chi connectivity index (χ0) is 31.3. The number of rotatable bonds is 4. The number of carboxylic acid groups (broad SMARTS) is 1. The number of hydrogen-bond acceptors (Lipinski definition) is 4. The highest BCUT2D eigenvalue weighted by Gasteiger charge is 2.72. The number of carbonyl (C=O) groups excluding carboxylic acids is 1. The van der Waals surface area contributed by atoms with Crippen LogP contribution in [0.2, 0.25) is 0 Å². The van der Waals surface area contributed by atoms with E-state index in [-0.39, 0.29) is 50.4 Å². The van der Waals surface area contributed by atoms with Crippen molar-refractivity contribution in [2.75, 3.05) is 0 Å². The van der Waals surface area contributed by atoms with Gasteiger partial charge in [0.15, 0.2) is 5.78 Å². The first kappa shape index (κ1) is 30.3. The first-order chi connectivity index (χ1) is 20.0. The molecular formula is C37H49NO5. The van der Waals surface area contributed by atoms with E-state index in [2.05, 4.69) is 48.1 Å². The number of aliphatic carboxylic acids is 1. The molecule has 5 aliphatic rings. The number of non-ortho nitro benzene ring substituents is 1. The van der Waals surface area contributed by atoms with Crippen LogP contribution in [0.4, 0.5) is 5.69 Å². The summed E-state index contributed by atoms with van der Waals surface area (Å²) in [5.74, 6) is 0.980. The van der Waals surface area contributed by atoms with Crippen LogP contribution >= 0.6 is 0 Å². The van der Waals surface area contributed by atoms with Gasteiger partial charge in [-0.15, -0.1) is 0 Å². The van der Waals surface area contributed by atoms with Crippen LogP contribution < -0.4 is 0 Å². The summed E-state index contributed by atoms with van der Waals surface area (Å²) in [7, 11) is 0. The number of carboxylic acids is 1. The van der Waals surface area contributed by atoms with Crippen LogP contribution in [0.5, 0.6) is 0 Å². The monoisotopic (exact) mass is 587 g/mol. The Balaban J connectivity index is 1.41. The maximum atomic E-state index is 14.1. The molecule has 0 aliphatic heterocycles. The molecule has 232 valence electrons. The van der Waals surface area contributed by atoms with E-state index in [0.29, 0.717) is 23.8 Å². The number of hydrogen-bond donors (Lipinski definition) is 1. The average Bonchev–Trinajstić information content (AvgIpc) is 3.34. The Morgan fingerprint density at radius 3 is 2.37 bits per heavy atom. The van der Waals surface area contributed by atoms with Crippen LogP contribution in [0.3, 0.4) is 0 Å². The standard InChI is InChI=1S/C37H49NO5/c1-22(2)26-13-16-37(32(40)41)18-17-35(6)27(30(26)37)11-12-29-34(5)21-24(19-23-9-8-10-25(20-23)38(42)43)31(39)33(3,4)28(34)14-15-36(29,35)7/h8-10,19-20,26-30H,1,11-18,21H2,2-7H3,(H,40,41)/b24-19-/t26-,27+,28?,29+,30?,34-,35+,36+,37-/m0/s1. The molecule has 1 aromatic rings. The highest BCUT2D eigenvalue weighted by Crippen LogP contribution is 2.77. The maximum Gasteiger partial charge on any atom is 0.309 e. The molecule has 0 bridgehead atoms. The third-order valence-electron chi connectivity index (χ3n) is 14.5. The first-order valence-electron chi connectivity index (χ1n) is 16.4. The minimum atomic E-state index is -0.633. The van der Waals surface area contributed by atoms with E-state index in [0.717, 1.165) is 62.5 Å². The third-order valence-corrected chi connectivity index (χ3v) is 14.5. The van der Waals surface area contributed by atoms with Crippen molar-refractivity contribution in [2.45, 2.75) is 99.3 Å². The van der Waals surface area contributed by atoms with E-state index in [1.807, 2.05) is 12.1 Å². The predicted octanol–water partition coefficient (Wildman–Crippen LogP) is 8.90. The average molecular weight is 588 g/mol. The van der Waals surface area contributed by atoms with Crippen molar-refractivity contribution in [1.82, 2.24) is 0 Å². The molecule has 0 aromatic heterocycles. The Hall–Kier alpha value is -2.76. The maximum absolute atomic E-state index is 14.1. The van der Waals surface area contributed by atoms with Crippen LogP contribution in [-0.2, 0) is 9.59 Å². The molecule has 1 N–H and O–H groups in total. The van der Waals surface area contributed by atoms with Crippen LogP contribution in [0.1, 0.15) is 105 Å². The number of carbonyl (C=O) groups is 2. The SMILES string of the molecule is C=C(C)[C@@H]1CC[C@]2(C(=O)O)CC[C@]3(C)[C@H](CC[C@@H]4[C@@]5(C)C/C(=C/c6cccc([N+](=O)[O-])c6)C(=O)C(C)(C)C5CC[C@]43C)C12. The molecule has 6 rings (SSSR count). The minimum Gasteiger partial charge on any atom is -0.481 e. The fourth-order valence-electron chi connectivity index (χ4n) is 12.4. The van der Waals surface area contributed by atoms with E-state index in [4.69, 9.17) is 0 Å². The lowest BCUT2D eigenvalue weighted by Crippen LogP contribution is -2.67. The van der Waals surface area contributed by atoms with Gasteiger partial charge in [0.2, 0.25) is 0 Å². The van der Waals surface area contributed by atoms with Crippen LogP contribution in [0.15, 0.2) is 42.0 Å². The molecule has 0 heterocycles. The Labute approximate surface area is 256 Å². The van der Waals surface area contributed by atoms with Gasteiger partial charge in [0.05, 0.1) is 10.3 Å². The van der Waals surface area contributed by atoms with Gasteiger partial charge >= 0.3 is 5.97 Å². The Morgan fingerprint density at radius 1 is 1.00 bits per heavy atom. The van der Waals surface area contributed by atoms with Gasteiger partial charge in [0.1, 0.15) is 0 Å². The molecule has 0 spiro atoms. The largest absolute Gasteiger partial charge is 0.481 e. The highest BCUT2D eigenvalue weighted by molar-refractivity contribution is 6.04. The molecule has 6 nitrogen and oxygen atoms in total. The molecule has 2 unspecified atom stereocenters. The van der Waals surface area contributed by atoms with Gasteiger partial charge in [0, 0.05) is 17.5 Å². The lowest BCUT2D eigenvalue weighted by molar-refractivity contribution is -0.384. The zero-order valence-corrected chi connectivity index (χ0v) is 26.9. The molecule has 5 saturated carbocycles. The van der Waals surface area contributed by atoms with Gasteiger partial charge in [-0.3, -0.25) is 19.7 Å². The second-order valence-corrected chi connectivity index (χ2v) is 16.4. The molecule has 43 heavy (non-hydrogen) atoms. The van der Waals surface area contributed by atoms with Crippen molar-refractivity contribution < 1.29 is 19.6 Å². The van der Waals surface area contributed by atoms with E-state index in [1.54, 1.807) is 12.1 Å². The topological polar surface area (TPSA) is 97.5 Å². The highest BCUT2D eigenvalue weighted by atomic mass is 16.6. The van der Waals surface area contributed by atoms with Crippen molar-refractivity contribution in [2.24, 2.45) is 56.7 Å². The summed E-state index contributed by atoms with van der Waals surface area (Å²) in [6.07, 6.45) is 10.1. The van der Waals surface area contributed by atoms with Gasteiger partial charge in [-0.2, -0.15) is 0 Å². The Kier molecular flexibility index (Phi) is 6.77. The normalized spacial score (nSPS) is 44.1. The quantitative estimate of drug-likeness (QED) is 0.164. The second kappa shape index (κ2) is 9.62. The fourth-order valence-corrected chi connectivity index (χ4v) is 12.4. The number of benzene rings is 1. The lowest BCUT2D eigenvalue weighted by atomic mass is 9.32. The van der Waals surface area contributed by atoms with Crippen LogP contribution in [-0.4, -0.2) is 21.8 Å². The van der Waals surface area contributed by atoms with E-state index < -0.39 is 16.8 Å². The predicted molar refractivity (Wildman–Crippen MR) is 168 cm³/mol. The number of nitrogens with zero attached hydrogens (tertiary/aromatic N) is 1. The molecule has 5 aliphatic carbocycles. The Morgan fingerprint density at radius 2 is 1.72 bits per heavy atom. The summed E-state index contributed by atoms with van der Waals surface area (Å²) in [6.45, 7) is 18.1. The van der Waals surface area contributed by atoms with E-state index >= 15 is 0 Å². The number of fused-ring (bicyclic) bond motifs is 7. The molecule has 0 saturated heterocycles. The molecule has 6 heteroatoms. The zero-order valence-electron chi connectivity index (χ0n) is 26.9. The molecule has 9 atom stereocenters. The summed E-state index contributed by atoms with van der Waals surface area (Å²) < 4.78 is 0. The third kappa shape index (κ3) is 3.96. The van der Waals surface area contributed by atoms with E-state index in [1.165, 1.54) is 6.07 Å². The number of nitro benzene ring substituents is 1. The number of nitro groups is 1. The van der Waals surface area contributed by atoms with Gasteiger partial charge in [0.25, 0.3) is 5.69 Å². The van der Waals surface area contributed by atoms with E-state index in [9.17, 15) is 24.8 Å². The summed E-state index contributed by atoms with van der Waals surface area (Å²) in [4.78, 5) is 38.1. The van der Waals surface area contributed by atoms with Crippen molar-refractivity contribution in [3.8, 4) is 0 Å². The van der Waals surface area contributed by atoms with Crippen molar-refractivity contribution >= 4 is 23.5 Å². The molecule has 1 aromatic carbocycles.